The zero-order chi connectivity index (χ0) is 24.8. The van der Waals surface area contributed by atoms with Gasteiger partial charge in [-0.05, 0) is 43.2 Å². The van der Waals surface area contributed by atoms with Crippen LogP contribution in [0.25, 0.3) is 11.4 Å². The average Bonchev–Trinajstić information content (AvgIpc) is 3.21. The molecule has 1 aromatic heterocycles. The zero-order valence-corrected chi connectivity index (χ0v) is 21.3. The number of amides is 1. The molecule has 8 nitrogen and oxygen atoms in total. The van der Waals surface area contributed by atoms with Crippen molar-refractivity contribution >= 4 is 35.0 Å². The number of thioether (sulfide) groups is 1. The molecule has 10 heteroatoms. The summed E-state index contributed by atoms with van der Waals surface area (Å²) < 4.78 is 18.2. The van der Waals surface area contributed by atoms with Gasteiger partial charge in [-0.2, -0.15) is 0 Å². The van der Waals surface area contributed by atoms with E-state index in [4.69, 9.17) is 25.8 Å². The van der Waals surface area contributed by atoms with Crippen molar-refractivity contribution in [1.29, 1.82) is 0 Å². The molecule has 3 rings (SSSR count). The molecule has 0 saturated carbocycles. The van der Waals surface area contributed by atoms with Crippen LogP contribution in [-0.4, -0.2) is 47.8 Å². The van der Waals surface area contributed by atoms with E-state index in [0.717, 1.165) is 16.7 Å². The van der Waals surface area contributed by atoms with E-state index in [1.807, 2.05) is 30.5 Å². The largest absolute Gasteiger partial charge is 0.493 e. The predicted molar refractivity (Wildman–Crippen MR) is 136 cm³/mol. The number of allylic oxidation sites excluding steroid dienone is 1. The molecule has 2 aromatic carbocycles. The number of ether oxygens (including phenoxy) is 3. The number of methoxy groups -OCH3 is 3. The minimum Gasteiger partial charge on any atom is -0.493 e. The van der Waals surface area contributed by atoms with Crippen molar-refractivity contribution in [3.8, 4) is 28.6 Å². The molecule has 1 amide bonds. The van der Waals surface area contributed by atoms with Crippen LogP contribution in [0, 0.1) is 13.8 Å². The maximum absolute atomic E-state index is 12.6. The van der Waals surface area contributed by atoms with Crippen molar-refractivity contribution < 1.29 is 19.0 Å². The molecule has 0 saturated heterocycles. The maximum atomic E-state index is 12.6. The van der Waals surface area contributed by atoms with Crippen LogP contribution in [-0.2, 0) is 11.3 Å². The molecule has 0 aliphatic heterocycles. The van der Waals surface area contributed by atoms with Gasteiger partial charge in [0.2, 0.25) is 11.7 Å². The van der Waals surface area contributed by atoms with Crippen LogP contribution in [0.5, 0.6) is 17.2 Å². The van der Waals surface area contributed by atoms with Crippen LogP contribution in [0.4, 0.5) is 5.69 Å². The van der Waals surface area contributed by atoms with Gasteiger partial charge in [0.25, 0.3) is 0 Å². The lowest BCUT2D eigenvalue weighted by Gasteiger charge is -2.14. The monoisotopic (exact) mass is 502 g/mol. The van der Waals surface area contributed by atoms with Crippen molar-refractivity contribution in [2.45, 2.75) is 25.5 Å². The van der Waals surface area contributed by atoms with Crippen LogP contribution >= 0.6 is 23.4 Å². The molecule has 0 atom stereocenters. The molecule has 0 unspecified atom stereocenters. The van der Waals surface area contributed by atoms with E-state index in [0.29, 0.717) is 45.5 Å². The first-order valence-electron chi connectivity index (χ1n) is 10.4. The smallest absolute Gasteiger partial charge is 0.234 e. The molecular formula is C24H27ClN4O4S. The highest BCUT2D eigenvalue weighted by Gasteiger charge is 2.20. The molecule has 1 N–H and O–H groups in total. The minimum atomic E-state index is -0.193. The number of hydrogen-bond donors (Lipinski definition) is 1. The Bertz CT molecular complexity index is 1160. The van der Waals surface area contributed by atoms with Gasteiger partial charge in [0, 0.05) is 12.1 Å². The van der Waals surface area contributed by atoms with Crippen LogP contribution in [0.2, 0.25) is 5.02 Å². The van der Waals surface area contributed by atoms with Gasteiger partial charge in [-0.3, -0.25) is 9.36 Å². The quantitative estimate of drug-likeness (QED) is 0.302. The molecule has 0 fully saturated rings. The highest BCUT2D eigenvalue weighted by atomic mass is 35.5. The molecule has 0 aliphatic carbocycles. The number of anilines is 1. The third-order valence-electron chi connectivity index (χ3n) is 4.98. The fraction of sp³-hybridized carbons (Fsp3) is 0.292. The normalized spacial score (nSPS) is 10.6. The third-order valence-corrected chi connectivity index (χ3v) is 6.24. The van der Waals surface area contributed by atoms with E-state index in [-0.39, 0.29) is 11.7 Å². The topological polar surface area (TPSA) is 87.5 Å². The third kappa shape index (κ3) is 5.48. The van der Waals surface area contributed by atoms with Crippen LogP contribution < -0.4 is 19.5 Å². The van der Waals surface area contributed by atoms with Gasteiger partial charge in [-0.25, -0.2) is 0 Å². The van der Waals surface area contributed by atoms with Gasteiger partial charge in [0.1, 0.15) is 0 Å². The number of rotatable bonds is 10. The lowest BCUT2D eigenvalue weighted by molar-refractivity contribution is -0.113. The summed E-state index contributed by atoms with van der Waals surface area (Å²) in [6.45, 7) is 8.15. The summed E-state index contributed by atoms with van der Waals surface area (Å²) in [7, 11) is 4.65. The number of carbonyl (C=O) groups is 1. The summed E-state index contributed by atoms with van der Waals surface area (Å²) in [6.07, 6.45) is 1.74. The fourth-order valence-electron chi connectivity index (χ4n) is 3.49. The average molecular weight is 503 g/mol. The second-order valence-corrected chi connectivity index (χ2v) is 8.74. The highest BCUT2D eigenvalue weighted by molar-refractivity contribution is 7.99. The first-order valence-corrected chi connectivity index (χ1v) is 11.7. The molecule has 0 radical (unpaired) electrons. The molecule has 0 aliphatic rings. The van der Waals surface area contributed by atoms with E-state index in [1.165, 1.54) is 11.8 Å². The number of hydrogen-bond acceptors (Lipinski definition) is 7. The Labute approximate surface area is 208 Å². The SMILES string of the molecule is C=CCn1c(SCC(=O)Nc2c(C)cc(C)cc2Cl)nnc1-c1cc(OC)c(OC)c(OC)c1. The Balaban J connectivity index is 1.85. The van der Waals surface area contributed by atoms with Gasteiger partial charge in [-0.15, -0.1) is 16.8 Å². The lowest BCUT2D eigenvalue weighted by Crippen LogP contribution is -2.16. The summed E-state index contributed by atoms with van der Waals surface area (Å²) in [6, 6.07) is 7.39. The number of nitrogens with one attached hydrogen (secondary N) is 1. The molecule has 34 heavy (non-hydrogen) atoms. The Kier molecular flexibility index (Phi) is 8.46. The minimum absolute atomic E-state index is 0.133. The van der Waals surface area contributed by atoms with E-state index >= 15 is 0 Å². The van der Waals surface area contributed by atoms with Crippen molar-refractivity contribution in [2.24, 2.45) is 0 Å². The second-order valence-electron chi connectivity index (χ2n) is 7.39. The lowest BCUT2D eigenvalue weighted by atomic mass is 10.1. The first-order chi connectivity index (χ1) is 16.3. The number of aryl methyl sites for hydroxylation is 2. The number of nitrogens with zero attached hydrogens (tertiary/aromatic N) is 3. The summed E-state index contributed by atoms with van der Waals surface area (Å²) in [5, 5.41) is 12.6. The van der Waals surface area contributed by atoms with Crippen LogP contribution in [0.3, 0.4) is 0 Å². The summed E-state index contributed by atoms with van der Waals surface area (Å²) in [5.74, 6) is 2.02. The maximum Gasteiger partial charge on any atom is 0.234 e. The number of benzene rings is 2. The van der Waals surface area contributed by atoms with Crippen LogP contribution in [0.1, 0.15) is 11.1 Å². The Morgan fingerprint density at radius 1 is 1.12 bits per heavy atom. The van der Waals surface area contributed by atoms with Crippen LogP contribution in [0.15, 0.2) is 42.1 Å². The van der Waals surface area contributed by atoms with Crippen molar-refractivity contribution in [1.82, 2.24) is 14.8 Å². The summed E-state index contributed by atoms with van der Waals surface area (Å²) >= 11 is 7.59. The highest BCUT2D eigenvalue weighted by Crippen LogP contribution is 2.41. The molecule has 0 spiro atoms. The molecule has 1 heterocycles. The molecule has 3 aromatic rings. The number of carbonyl (C=O) groups excluding carboxylic acids is 1. The standard InChI is InChI=1S/C24H27ClN4O4S/c1-7-8-29-23(16-11-18(31-4)22(33-6)19(12-16)32-5)27-28-24(29)34-13-20(30)26-21-15(3)9-14(2)10-17(21)25/h7,9-12H,1,8,13H2,2-6H3,(H,26,30). The van der Waals surface area contributed by atoms with E-state index < -0.39 is 0 Å². The van der Waals surface area contributed by atoms with E-state index in [9.17, 15) is 4.79 Å². The summed E-state index contributed by atoms with van der Waals surface area (Å²) in [5.41, 5.74) is 3.28. The molecule has 0 bridgehead atoms. The van der Waals surface area contributed by atoms with Crippen molar-refractivity contribution in [3.05, 3.63) is 53.1 Å². The number of halogens is 1. The van der Waals surface area contributed by atoms with Gasteiger partial charge in [0.05, 0.1) is 37.8 Å². The Morgan fingerprint density at radius 3 is 2.35 bits per heavy atom. The first kappa shape index (κ1) is 25.5. The Hall–Kier alpha value is -3.17. The van der Waals surface area contributed by atoms with Gasteiger partial charge >= 0.3 is 0 Å². The van der Waals surface area contributed by atoms with E-state index in [1.54, 1.807) is 39.5 Å². The van der Waals surface area contributed by atoms with Gasteiger partial charge in [-0.1, -0.05) is 35.5 Å². The second kappa shape index (κ2) is 11.3. The molecular weight excluding hydrogens is 476 g/mol. The van der Waals surface area contributed by atoms with Gasteiger partial charge in [0.15, 0.2) is 22.5 Å². The fourth-order valence-corrected chi connectivity index (χ4v) is 4.61. The van der Waals surface area contributed by atoms with E-state index in [2.05, 4.69) is 22.1 Å². The molecule has 180 valence electrons. The van der Waals surface area contributed by atoms with Crippen molar-refractivity contribution in [2.75, 3.05) is 32.4 Å². The Morgan fingerprint density at radius 2 is 1.79 bits per heavy atom. The summed E-state index contributed by atoms with van der Waals surface area (Å²) in [4.78, 5) is 12.6. The number of aromatic nitrogens is 3. The van der Waals surface area contributed by atoms with Crippen molar-refractivity contribution in [3.63, 3.8) is 0 Å². The zero-order valence-electron chi connectivity index (χ0n) is 19.8. The predicted octanol–water partition coefficient (Wildman–Crippen LogP) is 5.16. The van der Waals surface area contributed by atoms with Gasteiger partial charge < -0.3 is 19.5 Å².